The van der Waals surface area contributed by atoms with Crippen LogP contribution in [0.5, 0.6) is 0 Å². The van der Waals surface area contributed by atoms with Gasteiger partial charge in [0.1, 0.15) is 5.82 Å². The van der Waals surface area contributed by atoms with Gasteiger partial charge in [0.05, 0.1) is 17.3 Å². The quantitative estimate of drug-likeness (QED) is 0.826. The second kappa shape index (κ2) is 4.52. The molecule has 86 valence electrons. The molecule has 0 saturated heterocycles. The van der Waals surface area contributed by atoms with Gasteiger partial charge in [0.15, 0.2) is 4.77 Å². The zero-order valence-electron chi connectivity index (χ0n) is 9.69. The molecule has 0 fully saturated rings. The smallest absolute Gasteiger partial charge is 0.199 e. The third kappa shape index (κ3) is 1.99. The molecule has 5 heteroatoms. The summed E-state index contributed by atoms with van der Waals surface area (Å²) in [5, 5.41) is 15.9. The van der Waals surface area contributed by atoms with Crippen molar-refractivity contribution in [3.05, 3.63) is 39.9 Å². The Morgan fingerprint density at radius 1 is 1.53 bits per heavy atom. The molecule has 0 aliphatic carbocycles. The maximum atomic E-state index is 8.94. The summed E-state index contributed by atoms with van der Waals surface area (Å²) in [5.74, 6) is 0.869. The zero-order valence-corrected chi connectivity index (χ0v) is 10.5. The van der Waals surface area contributed by atoms with E-state index in [2.05, 4.69) is 16.3 Å². The molecule has 0 unspecified atom stereocenters. The lowest BCUT2D eigenvalue weighted by atomic mass is 10.1. The number of aromatic nitrogens is 3. The standard InChI is InChI=1S/C12H12N4S/c1-3-11-14-15-12(17)16(11)10-6-9(7-13)5-4-8(10)2/h4-6H,3H2,1-2H3,(H,15,17). The Hall–Kier alpha value is -1.93. The Labute approximate surface area is 105 Å². The Kier molecular flexibility index (Phi) is 3.07. The molecule has 1 heterocycles. The SMILES string of the molecule is CCc1n[nH]c(=S)n1-c1cc(C#N)ccc1C. The Balaban J connectivity index is 2.72. The first kappa shape index (κ1) is 11.6. The Morgan fingerprint density at radius 3 is 2.94 bits per heavy atom. The van der Waals surface area contributed by atoms with Crippen LogP contribution in [0.3, 0.4) is 0 Å². The molecule has 0 amide bonds. The third-order valence-corrected chi connectivity index (χ3v) is 2.91. The molecule has 2 rings (SSSR count). The zero-order chi connectivity index (χ0) is 12.4. The fourth-order valence-electron chi connectivity index (χ4n) is 1.74. The maximum Gasteiger partial charge on any atom is 0.199 e. The van der Waals surface area contributed by atoms with Gasteiger partial charge >= 0.3 is 0 Å². The van der Waals surface area contributed by atoms with Crippen LogP contribution in [0.4, 0.5) is 0 Å². The van der Waals surface area contributed by atoms with E-state index in [1.165, 1.54) is 0 Å². The lowest BCUT2D eigenvalue weighted by molar-refractivity contribution is 0.875. The van der Waals surface area contributed by atoms with E-state index >= 15 is 0 Å². The predicted molar refractivity (Wildman–Crippen MR) is 67.6 cm³/mol. The van der Waals surface area contributed by atoms with Crippen molar-refractivity contribution in [2.24, 2.45) is 0 Å². The Morgan fingerprint density at radius 2 is 2.29 bits per heavy atom. The number of nitriles is 1. The van der Waals surface area contributed by atoms with Crippen LogP contribution in [0.1, 0.15) is 23.9 Å². The fraction of sp³-hybridized carbons (Fsp3) is 0.250. The van der Waals surface area contributed by atoms with Gasteiger partial charge in [-0.1, -0.05) is 13.0 Å². The molecule has 0 saturated carbocycles. The summed E-state index contributed by atoms with van der Waals surface area (Å²) < 4.78 is 2.44. The average Bonchev–Trinajstić information content (AvgIpc) is 2.71. The van der Waals surface area contributed by atoms with E-state index in [4.69, 9.17) is 17.5 Å². The van der Waals surface area contributed by atoms with Crippen LogP contribution in [0.15, 0.2) is 18.2 Å². The van der Waals surface area contributed by atoms with E-state index in [9.17, 15) is 0 Å². The molecular weight excluding hydrogens is 232 g/mol. The van der Waals surface area contributed by atoms with Gasteiger partial charge < -0.3 is 0 Å². The molecule has 2 aromatic rings. The van der Waals surface area contributed by atoms with Crippen molar-refractivity contribution >= 4 is 12.2 Å². The molecule has 1 aromatic carbocycles. The number of nitrogens with zero attached hydrogens (tertiary/aromatic N) is 3. The number of aromatic amines is 1. The molecule has 4 nitrogen and oxygen atoms in total. The van der Waals surface area contributed by atoms with Crippen molar-refractivity contribution in [2.45, 2.75) is 20.3 Å². The highest BCUT2D eigenvalue weighted by Gasteiger charge is 2.09. The molecule has 0 spiro atoms. The van der Waals surface area contributed by atoms with Gasteiger partial charge in [-0.15, -0.1) is 0 Å². The summed E-state index contributed by atoms with van der Waals surface area (Å²) in [4.78, 5) is 0. The fourth-order valence-corrected chi connectivity index (χ4v) is 1.98. The molecule has 1 aromatic heterocycles. The van der Waals surface area contributed by atoms with Crippen LogP contribution in [0.2, 0.25) is 0 Å². The minimum absolute atomic E-state index is 0.556. The summed E-state index contributed by atoms with van der Waals surface area (Å²) in [6.07, 6.45) is 0.781. The number of nitrogens with one attached hydrogen (secondary N) is 1. The maximum absolute atomic E-state index is 8.94. The average molecular weight is 244 g/mol. The molecule has 0 atom stereocenters. The molecular formula is C12H12N4S. The van der Waals surface area contributed by atoms with Gasteiger partial charge in [0.25, 0.3) is 0 Å². The second-order valence-electron chi connectivity index (χ2n) is 3.75. The van der Waals surface area contributed by atoms with Crippen molar-refractivity contribution in [1.29, 1.82) is 5.26 Å². The van der Waals surface area contributed by atoms with Gasteiger partial charge in [-0.2, -0.15) is 10.4 Å². The number of rotatable bonds is 2. The van der Waals surface area contributed by atoms with Crippen molar-refractivity contribution in [3.8, 4) is 11.8 Å². The number of aryl methyl sites for hydroxylation is 2. The van der Waals surface area contributed by atoms with E-state index in [0.717, 1.165) is 23.5 Å². The van der Waals surface area contributed by atoms with Gasteiger partial charge in [-0.3, -0.25) is 9.67 Å². The molecule has 17 heavy (non-hydrogen) atoms. The third-order valence-electron chi connectivity index (χ3n) is 2.64. The van der Waals surface area contributed by atoms with Crippen molar-refractivity contribution in [3.63, 3.8) is 0 Å². The number of H-pyrrole nitrogens is 1. The molecule has 0 aliphatic heterocycles. The number of benzene rings is 1. The van der Waals surface area contributed by atoms with Crippen LogP contribution in [0, 0.1) is 23.0 Å². The summed E-state index contributed by atoms with van der Waals surface area (Å²) in [5.41, 5.74) is 2.60. The van der Waals surface area contributed by atoms with Crippen LogP contribution in [-0.4, -0.2) is 14.8 Å². The van der Waals surface area contributed by atoms with Crippen molar-refractivity contribution in [1.82, 2.24) is 14.8 Å². The van der Waals surface area contributed by atoms with Crippen LogP contribution in [-0.2, 0) is 6.42 Å². The monoisotopic (exact) mass is 244 g/mol. The van der Waals surface area contributed by atoms with Gasteiger partial charge in [-0.05, 0) is 36.8 Å². The molecule has 0 radical (unpaired) electrons. The number of hydrogen-bond donors (Lipinski definition) is 1. The van der Waals surface area contributed by atoms with Gasteiger partial charge in [0.2, 0.25) is 0 Å². The lowest BCUT2D eigenvalue weighted by Crippen LogP contribution is -2.02. The number of hydrogen-bond acceptors (Lipinski definition) is 3. The lowest BCUT2D eigenvalue weighted by Gasteiger charge is -2.09. The van der Waals surface area contributed by atoms with Crippen LogP contribution >= 0.6 is 12.2 Å². The van der Waals surface area contributed by atoms with Crippen LogP contribution in [0.25, 0.3) is 5.69 Å². The van der Waals surface area contributed by atoms with Crippen LogP contribution < -0.4 is 0 Å². The van der Waals surface area contributed by atoms with Gasteiger partial charge in [-0.25, -0.2) is 0 Å². The largest absolute Gasteiger partial charge is 0.272 e. The highest BCUT2D eigenvalue weighted by atomic mass is 32.1. The highest BCUT2D eigenvalue weighted by Crippen LogP contribution is 2.18. The summed E-state index contributed by atoms with van der Waals surface area (Å²) >= 11 is 5.22. The van der Waals surface area contributed by atoms with Crippen molar-refractivity contribution in [2.75, 3.05) is 0 Å². The second-order valence-corrected chi connectivity index (χ2v) is 4.13. The van der Waals surface area contributed by atoms with E-state index in [0.29, 0.717) is 10.3 Å². The summed E-state index contributed by atoms with van der Waals surface area (Å²) in [7, 11) is 0. The summed E-state index contributed by atoms with van der Waals surface area (Å²) in [6, 6.07) is 7.69. The first-order valence-electron chi connectivity index (χ1n) is 5.34. The summed E-state index contributed by atoms with van der Waals surface area (Å²) in [6.45, 7) is 4.01. The van der Waals surface area contributed by atoms with Gasteiger partial charge in [0, 0.05) is 6.42 Å². The minimum atomic E-state index is 0.556. The van der Waals surface area contributed by atoms with E-state index in [1.807, 2.05) is 30.5 Å². The molecule has 1 N–H and O–H groups in total. The minimum Gasteiger partial charge on any atom is -0.272 e. The first-order valence-corrected chi connectivity index (χ1v) is 5.75. The molecule has 0 aliphatic rings. The topological polar surface area (TPSA) is 57.4 Å². The first-order chi connectivity index (χ1) is 8.17. The normalized spacial score (nSPS) is 10.2. The predicted octanol–water partition coefficient (Wildman–Crippen LogP) is 2.67. The van der Waals surface area contributed by atoms with E-state index < -0.39 is 0 Å². The van der Waals surface area contributed by atoms with E-state index in [1.54, 1.807) is 6.07 Å². The van der Waals surface area contributed by atoms with Crippen molar-refractivity contribution < 1.29 is 0 Å². The highest BCUT2D eigenvalue weighted by molar-refractivity contribution is 7.71. The van der Waals surface area contributed by atoms with E-state index in [-0.39, 0.29) is 0 Å². The Bertz CT molecular complexity index is 645. The molecule has 0 bridgehead atoms.